The third-order valence-corrected chi connectivity index (χ3v) is 2.47. The summed E-state index contributed by atoms with van der Waals surface area (Å²) in [7, 11) is 0. The van der Waals surface area contributed by atoms with E-state index in [4.69, 9.17) is 17.2 Å². The van der Waals surface area contributed by atoms with Crippen LogP contribution in [0.25, 0.3) is 10.9 Å². The number of pyridine rings is 1. The molecule has 0 aliphatic carbocycles. The van der Waals surface area contributed by atoms with Crippen LogP contribution in [0.3, 0.4) is 0 Å². The maximum atomic E-state index is 5.51. The molecule has 94 valence electrons. The summed E-state index contributed by atoms with van der Waals surface area (Å²) in [6.45, 7) is 0.518. The third kappa shape index (κ3) is 2.76. The Hall–Kier alpha value is -2.57. The molecule has 0 bridgehead atoms. The molecule has 18 heavy (non-hydrogen) atoms. The highest BCUT2D eigenvalue weighted by Crippen LogP contribution is 2.16. The van der Waals surface area contributed by atoms with Crippen LogP contribution in [-0.4, -0.2) is 28.4 Å². The van der Waals surface area contributed by atoms with E-state index in [2.05, 4.69) is 20.0 Å². The number of hydrogen-bond donors (Lipinski definition) is 4. The second-order valence-corrected chi connectivity index (χ2v) is 3.76. The number of aliphatic imine (C=N–C) groups is 2. The van der Waals surface area contributed by atoms with Gasteiger partial charge in [0.05, 0.1) is 0 Å². The second kappa shape index (κ2) is 5.17. The molecule has 7 N–H and O–H groups in total. The smallest absolute Gasteiger partial charge is 0.218 e. The van der Waals surface area contributed by atoms with Gasteiger partial charge in [-0.2, -0.15) is 4.99 Å². The lowest BCUT2D eigenvalue weighted by molar-refractivity contribution is 0.968. The van der Waals surface area contributed by atoms with Crippen LogP contribution in [0.1, 0.15) is 5.56 Å². The molecule has 7 heteroatoms. The number of rotatable bonds is 3. The van der Waals surface area contributed by atoms with Crippen LogP contribution < -0.4 is 17.2 Å². The van der Waals surface area contributed by atoms with Crippen molar-refractivity contribution < 1.29 is 0 Å². The molecule has 0 saturated carbocycles. The molecule has 0 aliphatic rings. The van der Waals surface area contributed by atoms with Gasteiger partial charge in [0.15, 0.2) is 5.96 Å². The Bertz CT molecular complexity index is 592. The Morgan fingerprint density at radius 3 is 2.94 bits per heavy atom. The van der Waals surface area contributed by atoms with E-state index in [1.807, 2.05) is 18.5 Å². The fourth-order valence-corrected chi connectivity index (χ4v) is 1.68. The first-order valence-electron chi connectivity index (χ1n) is 5.46. The zero-order chi connectivity index (χ0) is 13.0. The van der Waals surface area contributed by atoms with Crippen molar-refractivity contribution in [2.45, 2.75) is 6.42 Å². The first-order chi connectivity index (χ1) is 8.66. The van der Waals surface area contributed by atoms with Crippen molar-refractivity contribution in [1.82, 2.24) is 9.97 Å². The molecule has 0 aromatic carbocycles. The standard InChI is InChI=1S/C11H15N7/c12-10(13)18-11(14)16-4-1-7-5-17-9-2-3-15-6-8(7)9/h2-3,5-6,17H,1,4H2,(H6,12,13,14,16,18). The van der Waals surface area contributed by atoms with Gasteiger partial charge in [-0.25, -0.2) is 0 Å². The van der Waals surface area contributed by atoms with Crippen molar-refractivity contribution in [3.05, 3.63) is 30.2 Å². The van der Waals surface area contributed by atoms with Crippen LogP contribution in [0.15, 0.2) is 34.6 Å². The van der Waals surface area contributed by atoms with E-state index in [9.17, 15) is 0 Å². The van der Waals surface area contributed by atoms with Crippen molar-refractivity contribution >= 4 is 22.8 Å². The van der Waals surface area contributed by atoms with Gasteiger partial charge in [-0.05, 0) is 18.1 Å². The third-order valence-electron chi connectivity index (χ3n) is 2.47. The van der Waals surface area contributed by atoms with E-state index < -0.39 is 0 Å². The second-order valence-electron chi connectivity index (χ2n) is 3.76. The van der Waals surface area contributed by atoms with Gasteiger partial charge in [-0.15, -0.1) is 0 Å². The SMILES string of the molecule is NC(N)=NC(N)=NCCc1c[nH]c2ccncc12. The number of H-pyrrole nitrogens is 1. The zero-order valence-corrected chi connectivity index (χ0v) is 9.80. The van der Waals surface area contributed by atoms with Gasteiger partial charge < -0.3 is 22.2 Å². The normalized spacial score (nSPS) is 11.7. The van der Waals surface area contributed by atoms with Gasteiger partial charge in [0.25, 0.3) is 0 Å². The summed E-state index contributed by atoms with van der Waals surface area (Å²) in [6, 6.07) is 1.93. The minimum Gasteiger partial charge on any atom is -0.370 e. The molecule has 0 unspecified atom stereocenters. The van der Waals surface area contributed by atoms with Gasteiger partial charge in [0, 0.05) is 36.0 Å². The summed E-state index contributed by atoms with van der Waals surface area (Å²) < 4.78 is 0. The van der Waals surface area contributed by atoms with Crippen LogP contribution in [0.4, 0.5) is 0 Å². The number of nitrogens with zero attached hydrogens (tertiary/aromatic N) is 3. The molecule has 7 nitrogen and oxygen atoms in total. The number of nitrogens with two attached hydrogens (primary N) is 3. The summed E-state index contributed by atoms with van der Waals surface area (Å²) >= 11 is 0. The molecule has 2 aromatic rings. The predicted molar refractivity (Wildman–Crippen MR) is 72.1 cm³/mol. The number of aromatic amines is 1. The summed E-state index contributed by atoms with van der Waals surface area (Å²) in [5, 5.41) is 1.09. The van der Waals surface area contributed by atoms with Gasteiger partial charge in [0.1, 0.15) is 0 Å². The average molecular weight is 245 g/mol. The Morgan fingerprint density at radius 2 is 2.17 bits per heavy atom. The topological polar surface area (TPSA) is 131 Å². The van der Waals surface area contributed by atoms with Crippen LogP contribution >= 0.6 is 0 Å². The van der Waals surface area contributed by atoms with Crippen molar-refractivity contribution in [2.75, 3.05) is 6.54 Å². The van der Waals surface area contributed by atoms with Crippen LogP contribution in [0, 0.1) is 0 Å². The van der Waals surface area contributed by atoms with E-state index >= 15 is 0 Å². The van der Waals surface area contributed by atoms with E-state index in [0.717, 1.165) is 22.9 Å². The molecule has 0 fully saturated rings. The molecule has 2 heterocycles. The summed E-state index contributed by atoms with van der Waals surface area (Å²) in [5.74, 6) is 0.000473. The molecule has 0 amide bonds. The monoisotopic (exact) mass is 245 g/mol. The average Bonchev–Trinajstić information content (AvgIpc) is 2.72. The molecule has 2 rings (SSSR count). The summed E-state index contributed by atoms with van der Waals surface area (Å²) in [4.78, 5) is 15.0. The largest absolute Gasteiger partial charge is 0.370 e. The van der Waals surface area contributed by atoms with Crippen LogP contribution in [-0.2, 0) is 6.42 Å². The van der Waals surface area contributed by atoms with Crippen LogP contribution in [0.5, 0.6) is 0 Å². The molecule has 0 saturated heterocycles. The minimum absolute atomic E-state index is 0.0902. The lowest BCUT2D eigenvalue weighted by atomic mass is 10.1. The van der Waals surface area contributed by atoms with Crippen molar-refractivity contribution in [1.29, 1.82) is 0 Å². The number of fused-ring (bicyclic) bond motifs is 1. The van der Waals surface area contributed by atoms with Gasteiger partial charge in [-0.3, -0.25) is 9.98 Å². The van der Waals surface area contributed by atoms with Crippen LogP contribution in [0.2, 0.25) is 0 Å². The Labute approximate surface area is 104 Å². The predicted octanol–water partition coefficient (Wildman–Crippen LogP) is -0.306. The number of aromatic nitrogens is 2. The number of guanidine groups is 2. The molecular formula is C11H15N7. The quantitative estimate of drug-likeness (QED) is 0.436. The number of nitrogens with one attached hydrogen (secondary N) is 1. The Kier molecular flexibility index (Phi) is 3.42. The molecule has 0 spiro atoms. The molecular weight excluding hydrogens is 230 g/mol. The Morgan fingerprint density at radius 1 is 1.33 bits per heavy atom. The van der Waals surface area contributed by atoms with E-state index in [0.29, 0.717) is 6.54 Å². The van der Waals surface area contributed by atoms with Crippen molar-refractivity contribution in [2.24, 2.45) is 27.2 Å². The molecule has 2 aromatic heterocycles. The van der Waals surface area contributed by atoms with E-state index in [1.54, 1.807) is 6.20 Å². The fraction of sp³-hybridized carbons (Fsp3) is 0.182. The molecule has 0 aliphatic heterocycles. The van der Waals surface area contributed by atoms with Gasteiger partial charge in [0.2, 0.25) is 5.96 Å². The summed E-state index contributed by atoms with van der Waals surface area (Å²) in [6.07, 6.45) is 6.26. The van der Waals surface area contributed by atoms with E-state index in [1.165, 1.54) is 0 Å². The van der Waals surface area contributed by atoms with Crippen molar-refractivity contribution in [3.8, 4) is 0 Å². The lowest BCUT2D eigenvalue weighted by Crippen LogP contribution is -2.26. The molecule has 0 radical (unpaired) electrons. The van der Waals surface area contributed by atoms with E-state index in [-0.39, 0.29) is 11.9 Å². The van der Waals surface area contributed by atoms with Gasteiger partial charge >= 0.3 is 0 Å². The highest BCUT2D eigenvalue weighted by molar-refractivity contribution is 5.92. The maximum Gasteiger partial charge on any atom is 0.218 e. The minimum atomic E-state index is -0.0902. The highest BCUT2D eigenvalue weighted by atomic mass is 15.1. The van der Waals surface area contributed by atoms with Crippen molar-refractivity contribution in [3.63, 3.8) is 0 Å². The first kappa shape index (κ1) is 11.9. The number of hydrogen-bond acceptors (Lipinski definition) is 2. The Balaban J connectivity index is 2.05. The summed E-state index contributed by atoms with van der Waals surface area (Å²) in [5.41, 5.74) is 18.1. The first-order valence-corrected chi connectivity index (χ1v) is 5.46. The van der Waals surface area contributed by atoms with Gasteiger partial charge in [-0.1, -0.05) is 0 Å². The maximum absolute atomic E-state index is 5.51. The molecule has 0 atom stereocenters. The zero-order valence-electron chi connectivity index (χ0n) is 9.80. The highest BCUT2D eigenvalue weighted by Gasteiger charge is 2.02. The fourth-order valence-electron chi connectivity index (χ4n) is 1.68. The lowest BCUT2D eigenvalue weighted by Gasteiger charge is -1.97.